The van der Waals surface area contributed by atoms with Crippen LogP contribution in [0.25, 0.3) is 0 Å². The molecule has 0 unspecified atom stereocenters. The number of aromatic nitrogens is 1. The molecule has 2 aliphatic rings. The van der Waals surface area contributed by atoms with Crippen LogP contribution in [0.4, 0.5) is 0 Å². The third-order valence-electron chi connectivity index (χ3n) is 5.84. The molecule has 4 rings (SSSR count). The average molecular weight is 490 g/mol. The minimum absolute atomic E-state index is 0.0693. The van der Waals surface area contributed by atoms with Crippen molar-refractivity contribution in [3.63, 3.8) is 0 Å². The van der Waals surface area contributed by atoms with Gasteiger partial charge in [-0.15, -0.1) is 11.3 Å². The van der Waals surface area contributed by atoms with Gasteiger partial charge in [0.1, 0.15) is 17.1 Å². The summed E-state index contributed by atoms with van der Waals surface area (Å²) < 4.78 is 5.63. The third kappa shape index (κ3) is 4.23. The second kappa shape index (κ2) is 9.16. The predicted octanol–water partition coefficient (Wildman–Crippen LogP) is 2.33. The third-order valence-corrected chi connectivity index (χ3v) is 8.06. The first-order chi connectivity index (χ1) is 15.7. The Morgan fingerprint density at radius 3 is 2.64 bits per heavy atom. The molecular weight excluding hydrogens is 466 g/mol. The van der Waals surface area contributed by atoms with Gasteiger partial charge in [0.25, 0.3) is 5.91 Å². The lowest BCUT2D eigenvalue weighted by Gasteiger charge is -2.46. The Balaban J connectivity index is 1.45. The van der Waals surface area contributed by atoms with Gasteiger partial charge >= 0.3 is 5.97 Å². The molecule has 0 radical (unpaired) electrons. The molecule has 2 aromatic rings. The van der Waals surface area contributed by atoms with E-state index in [1.807, 2.05) is 31.2 Å². The van der Waals surface area contributed by atoms with E-state index in [1.54, 1.807) is 12.5 Å². The highest BCUT2D eigenvalue weighted by atomic mass is 32.2. The fourth-order valence-corrected chi connectivity index (χ4v) is 6.24. The van der Waals surface area contributed by atoms with Gasteiger partial charge in [0, 0.05) is 22.7 Å². The predicted molar refractivity (Wildman–Crippen MR) is 122 cm³/mol. The molecule has 33 heavy (non-hydrogen) atoms. The number of aliphatic hydroxyl groups is 1. The summed E-state index contributed by atoms with van der Waals surface area (Å²) >= 11 is 2.39. The van der Waals surface area contributed by atoms with Crippen LogP contribution >= 0.6 is 23.1 Å². The van der Waals surface area contributed by atoms with E-state index in [4.69, 9.17) is 4.74 Å². The lowest BCUT2D eigenvalue weighted by atomic mass is 9.79. The van der Waals surface area contributed by atoms with Crippen molar-refractivity contribution in [2.24, 2.45) is 11.8 Å². The van der Waals surface area contributed by atoms with Crippen molar-refractivity contribution in [3.8, 4) is 5.75 Å². The summed E-state index contributed by atoms with van der Waals surface area (Å²) in [5.41, 5.74) is 1.08. The Morgan fingerprint density at radius 2 is 2.03 bits per heavy atom. The van der Waals surface area contributed by atoms with Crippen LogP contribution in [0.2, 0.25) is 0 Å². The molecule has 11 heteroatoms. The number of carbonyl (C=O) groups excluding carboxylic acids is 2. The largest absolute Gasteiger partial charge is 0.497 e. The minimum Gasteiger partial charge on any atom is -0.497 e. The Bertz CT molecular complexity index is 1130. The lowest BCUT2D eigenvalue weighted by Crippen LogP contribution is -2.63. The van der Waals surface area contributed by atoms with Crippen molar-refractivity contribution in [1.29, 1.82) is 0 Å². The first-order valence-corrected chi connectivity index (χ1v) is 12.0. The molecule has 1 saturated heterocycles. The maximum Gasteiger partial charge on any atom is 0.353 e. The molecule has 1 fully saturated rings. The van der Waals surface area contributed by atoms with Gasteiger partial charge in [-0.1, -0.05) is 30.8 Å². The number of carbonyl (C=O) groups is 3. The highest BCUT2D eigenvalue weighted by Gasteiger charge is 2.60. The number of rotatable bonds is 8. The molecule has 1 aromatic carbocycles. The zero-order chi connectivity index (χ0) is 23.9. The molecule has 0 spiro atoms. The first-order valence-electron chi connectivity index (χ1n) is 10.3. The van der Waals surface area contributed by atoms with E-state index in [-0.39, 0.29) is 29.1 Å². The highest BCUT2D eigenvalue weighted by Crippen LogP contribution is 2.52. The van der Waals surface area contributed by atoms with Crippen molar-refractivity contribution in [3.05, 3.63) is 51.5 Å². The molecule has 0 aliphatic carbocycles. The van der Waals surface area contributed by atoms with Crippen LogP contribution in [0, 0.1) is 11.8 Å². The minimum atomic E-state index is -1.20. The highest BCUT2D eigenvalue weighted by molar-refractivity contribution is 8.04. The van der Waals surface area contributed by atoms with Crippen LogP contribution in [0.5, 0.6) is 5.75 Å². The number of aliphatic carboxylic acids is 1. The van der Waals surface area contributed by atoms with Crippen molar-refractivity contribution in [1.82, 2.24) is 15.2 Å². The fraction of sp³-hybridized carbons (Fsp3) is 0.364. The quantitative estimate of drug-likeness (QED) is 0.482. The van der Waals surface area contributed by atoms with E-state index in [0.717, 1.165) is 23.1 Å². The molecule has 9 nitrogen and oxygen atoms in total. The average Bonchev–Trinajstić information content (AvgIpc) is 3.34. The number of fused-ring (bicyclic) bond motifs is 1. The van der Waals surface area contributed by atoms with Crippen molar-refractivity contribution < 1.29 is 29.3 Å². The van der Waals surface area contributed by atoms with Crippen molar-refractivity contribution in [2.75, 3.05) is 7.11 Å². The second-order valence-corrected chi connectivity index (χ2v) is 10.1. The number of amides is 2. The summed E-state index contributed by atoms with van der Waals surface area (Å²) in [6.07, 6.45) is -0.860. The zero-order valence-corrected chi connectivity index (χ0v) is 19.8. The maximum absolute atomic E-state index is 12.5. The lowest BCUT2D eigenvalue weighted by molar-refractivity contribution is -0.163. The summed E-state index contributed by atoms with van der Waals surface area (Å²) in [7, 11) is 1.59. The molecule has 1 aromatic heterocycles. The number of ether oxygens (including phenoxy) is 1. The number of hydrogen-bond donors (Lipinski definition) is 3. The van der Waals surface area contributed by atoms with E-state index in [0.29, 0.717) is 15.8 Å². The molecule has 174 valence electrons. The van der Waals surface area contributed by atoms with Gasteiger partial charge in [-0.05, 0) is 24.6 Å². The van der Waals surface area contributed by atoms with E-state index < -0.39 is 24.0 Å². The molecule has 2 amide bonds. The number of thioether (sulfide) groups is 1. The van der Waals surface area contributed by atoms with Crippen molar-refractivity contribution in [2.45, 2.75) is 36.9 Å². The summed E-state index contributed by atoms with van der Waals surface area (Å²) in [6, 6.07) is 6.94. The topological polar surface area (TPSA) is 129 Å². The molecule has 0 bridgehead atoms. The van der Waals surface area contributed by atoms with Gasteiger partial charge in [0.15, 0.2) is 4.34 Å². The second-order valence-electron chi connectivity index (χ2n) is 7.90. The van der Waals surface area contributed by atoms with Crippen LogP contribution in [0.3, 0.4) is 0 Å². The number of methoxy groups -OCH3 is 1. The summed E-state index contributed by atoms with van der Waals surface area (Å²) in [6.45, 7) is 3.71. The van der Waals surface area contributed by atoms with Crippen LogP contribution < -0.4 is 10.1 Å². The Kier molecular flexibility index (Phi) is 6.46. The first kappa shape index (κ1) is 23.3. The molecule has 3 N–H and O–H groups in total. The SMILES string of the molecule is COc1ccc(CNC(=O)c2csc(SC3=C(C(=O)O)N4C(=O)[C@H]([C@@H](C)O)[C@H]4[C@H]3C)n2)cc1. The molecule has 0 saturated carbocycles. The zero-order valence-electron chi connectivity index (χ0n) is 18.1. The van der Waals surface area contributed by atoms with Gasteiger partial charge in [-0.2, -0.15) is 0 Å². The Labute approximate surface area is 198 Å². The van der Waals surface area contributed by atoms with Gasteiger partial charge < -0.3 is 25.2 Å². The van der Waals surface area contributed by atoms with Crippen LogP contribution in [0.15, 0.2) is 44.6 Å². The van der Waals surface area contributed by atoms with Crippen LogP contribution in [-0.4, -0.2) is 57.1 Å². The van der Waals surface area contributed by atoms with Crippen molar-refractivity contribution >= 4 is 40.9 Å². The Hall–Kier alpha value is -2.89. The van der Waals surface area contributed by atoms with E-state index >= 15 is 0 Å². The smallest absolute Gasteiger partial charge is 0.353 e. The summed E-state index contributed by atoms with van der Waals surface area (Å²) in [4.78, 5) is 43.0. The normalized spacial score (nSPS) is 22.6. The van der Waals surface area contributed by atoms with E-state index in [1.165, 1.54) is 23.2 Å². The number of nitrogens with one attached hydrogen (secondary N) is 1. The number of thiazole rings is 1. The number of hydrogen-bond acceptors (Lipinski definition) is 8. The van der Waals surface area contributed by atoms with Crippen LogP contribution in [-0.2, 0) is 16.1 Å². The Morgan fingerprint density at radius 1 is 1.33 bits per heavy atom. The molecule has 4 atom stereocenters. The van der Waals surface area contributed by atoms with Gasteiger partial charge in [-0.25, -0.2) is 9.78 Å². The van der Waals surface area contributed by atoms with E-state index in [2.05, 4.69) is 10.3 Å². The molecule has 2 aliphatic heterocycles. The number of carboxylic acids is 1. The van der Waals surface area contributed by atoms with E-state index in [9.17, 15) is 24.6 Å². The fourth-order valence-electron chi connectivity index (χ4n) is 4.18. The maximum atomic E-state index is 12.5. The molecule has 3 heterocycles. The van der Waals surface area contributed by atoms with Gasteiger partial charge in [0.2, 0.25) is 5.91 Å². The number of β-lactam (4-membered cyclic amide) rings is 1. The number of nitrogens with zero attached hydrogens (tertiary/aromatic N) is 2. The molecular formula is C22H23N3O6S2. The van der Waals surface area contributed by atoms with Gasteiger partial charge in [-0.3, -0.25) is 9.59 Å². The van der Waals surface area contributed by atoms with Gasteiger partial charge in [0.05, 0.1) is 25.2 Å². The number of benzene rings is 1. The number of aliphatic hydroxyl groups excluding tert-OH is 1. The monoisotopic (exact) mass is 489 g/mol. The summed E-state index contributed by atoms with van der Waals surface area (Å²) in [5, 5.41) is 24.1. The number of carboxylic acid groups (broad SMARTS) is 1. The van der Waals surface area contributed by atoms with Crippen LogP contribution in [0.1, 0.15) is 29.9 Å². The summed E-state index contributed by atoms with van der Waals surface area (Å²) in [5.74, 6) is -2.08. The standard InChI is InChI=1S/C22H23N3O6S2/c1-10-16-15(11(2)26)20(28)25(16)17(21(29)30)18(10)33-22-24-14(9-32-22)19(27)23-8-12-4-6-13(31-3)7-5-12/h4-7,9-11,15-16,26H,8H2,1-3H3,(H,23,27)(H,29,30)/t10-,11-,15-,16-/m1/s1.